The molecule has 2 N–H and O–H groups in total. The van der Waals surface area contributed by atoms with Crippen LogP contribution in [0.25, 0.3) is 0 Å². The van der Waals surface area contributed by atoms with Gasteiger partial charge in [0.25, 0.3) is 5.91 Å². The Morgan fingerprint density at radius 2 is 1.67 bits per heavy atom. The number of benzene rings is 3. The van der Waals surface area contributed by atoms with Crippen LogP contribution in [0.4, 0.5) is 11.4 Å². The van der Waals surface area contributed by atoms with Crippen LogP contribution >= 0.6 is 0 Å². The monoisotopic (exact) mass is 400 g/mol. The molecule has 0 saturated heterocycles. The fourth-order valence-corrected chi connectivity index (χ4v) is 3.89. The molecular weight excluding hydrogens is 376 g/mol. The second kappa shape index (κ2) is 7.43. The van der Waals surface area contributed by atoms with E-state index < -0.39 is 11.5 Å². The summed E-state index contributed by atoms with van der Waals surface area (Å²) in [6.45, 7) is 5.68. The zero-order valence-electron chi connectivity index (χ0n) is 17.3. The maximum absolute atomic E-state index is 13.4. The minimum absolute atomic E-state index is 0.183. The van der Waals surface area contributed by atoms with Gasteiger partial charge in [-0.2, -0.15) is 0 Å². The van der Waals surface area contributed by atoms with Crippen LogP contribution in [-0.4, -0.2) is 23.5 Å². The van der Waals surface area contributed by atoms with Crippen LogP contribution in [0.1, 0.15) is 27.8 Å². The predicted octanol–water partition coefficient (Wildman–Crippen LogP) is 3.83. The predicted molar refractivity (Wildman–Crippen MR) is 118 cm³/mol. The van der Waals surface area contributed by atoms with Gasteiger partial charge in [0, 0.05) is 11.3 Å². The summed E-state index contributed by atoms with van der Waals surface area (Å²) in [4.78, 5) is 27.5. The SMILES string of the molecule is Cc1ccc(C2(O)C(=O)N(CC(=O)Nc3cccc(C)c3C)c3ccccc32)cc1. The highest BCUT2D eigenvalue weighted by Gasteiger charge is 2.51. The molecule has 0 saturated carbocycles. The average Bonchev–Trinajstić information content (AvgIpc) is 2.95. The lowest BCUT2D eigenvalue weighted by atomic mass is 9.87. The minimum Gasteiger partial charge on any atom is -0.372 e. The molecule has 0 spiro atoms. The van der Waals surface area contributed by atoms with Crippen molar-refractivity contribution >= 4 is 23.2 Å². The van der Waals surface area contributed by atoms with Gasteiger partial charge in [0.05, 0.1) is 5.69 Å². The lowest BCUT2D eigenvalue weighted by Gasteiger charge is -2.24. The minimum atomic E-state index is -1.82. The molecule has 152 valence electrons. The van der Waals surface area contributed by atoms with Crippen molar-refractivity contribution in [3.63, 3.8) is 0 Å². The molecule has 1 atom stereocenters. The fourth-order valence-electron chi connectivity index (χ4n) is 3.89. The lowest BCUT2D eigenvalue weighted by Crippen LogP contribution is -2.44. The molecule has 0 fully saturated rings. The summed E-state index contributed by atoms with van der Waals surface area (Å²) in [7, 11) is 0. The zero-order valence-corrected chi connectivity index (χ0v) is 17.3. The van der Waals surface area contributed by atoms with Crippen LogP contribution in [0.5, 0.6) is 0 Å². The highest BCUT2D eigenvalue weighted by molar-refractivity contribution is 6.12. The van der Waals surface area contributed by atoms with E-state index in [-0.39, 0.29) is 12.5 Å². The Balaban J connectivity index is 1.66. The molecule has 0 radical (unpaired) electrons. The van der Waals surface area contributed by atoms with E-state index in [0.717, 1.165) is 16.7 Å². The number of fused-ring (bicyclic) bond motifs is 1. The number of hydrogen-bond acceptors (Lipinski definition) is 3. The number of amides is 2. The third-order valence-corrected chi connectivity index (χ3v) is 5.79. The number of carbonyl (C=O) groups excluding carboxylic acids is 2. The van der Waals surface area contributed by atoms with E-state index in [2.05, 4.69) is 5.32 Å². The first-order chi connectivity index (χ1) is 14.3. The van der Waals surface area contributed by atoms with Gasteiger partial charge in [-0.25, -0.2) is 0 Å². The second-order valence-corrected chi connectivity index (χ2v) is 7.78. The second-order valence-electron chi connectivity index (χ2n) is 7.78. The summed E-state index contributed by atoms with van der Waals surface area (Å²) in [5, 5.41) is 14.4. The van der Waals surface area contributed by atoms with Crippen LogP contribution < -0.4 is 10.2 Å². The van der Waals surface area contributed by atoms with Crippen molar-refractivity contribution in [1.29, 1.82) is 0 Å². The van der Waals surface area contributed by atoms with Crippen LogP contribution in [0.3, 0.4) is 0 Å². The number of aryl methyl sites for hydroxylation is 2. The molecule has 0 aliphatic carbocycles. The average molecular weight is 400 g/mol. The maximum Gasteiger partial charge on any atom is 0.268 e. The third kappa shape index (κ3) is 3.17. The fraction of sp³-hybridized carbons (Fsp3) is 0.200. The molecule has 30 heavy (non-hydrogen) atoms. The van der Waals surface area contributed by atoms with E-state index in [0.29, 0.717) is 22.5 Å². The van der Waals surface area contributed by atoms with Crippen LogP contribution in [0.15, 0.2) is 66.7 Å². The van der Waals surface area contributed by atoms with Gasteiger partial charge in [-0.15, -0.1) is 0 Å². The molecule has 1 heterocycles. The number of nitrogens with zero attached hydrogens (tertiary/aromatic N) is 1. The van der Waals surface area contributed by atoms with Gasteiger partial charge in [-0.05, 0) is 49.6 Å². The molecule has 0 aromatic heterocycles. The van der Waals surface area contributed by atoms with Crippen molar-refractivity contribution in [1.82, 2.24) is 0 Å². The van der Waals surface area contributed by atoms with Gasteiger partial charge in [0.15, 0.2) is 5.60 Å². The van der Waals surface area contributed by atoms with Gasteiger partial charge >= 0.3 is 0 Å². The maximum atomic E-state index is 13.4. The van der Waals surface area contributed by atoms with Crippen molar-refractivity contribution in [2.24, 2.45) is 0 Å². The van der Waals surface area contributed by atoms with Gasteiger partial charge < -0.3 is 10.4 Å². The quantitative estimate of drug-likeness (QED) is 0.699. The first-order valence-corrected chi connectivity index (χ1v) is 9.89. The van der Waals surface area contributed by atoms with Gasteiger partial charge in [-0.1, -0.05) is 60.2 Å². The summed E-state index contributed by atoms with van der Waals surface area (Å²) in [5.41, 5.74) is 3.51. The van der Waals surface area contributed by atoms with E-state index in [1.165, 1.54) is 4.90 Å². The molecule has 0 bridgehead atoms. The first-order valence-electron chi connectivity index (χ1n) is 9.89. The number of aliphatic hydroxyl groups is 1. The molecule has 1 aliphatic heterocycles. The van der Waals surface area contributed by atoms with Gasteiger partial charge in [0.2, 0.25) is 5.91 Å². The largest absolute Gasteiger partial charge is 0.372 e. The zero-order chi connectivity index (χ0) is 21.5. The molecule has 4 rings (SSSR count). The highest BCUT2D eigenvalue weighted by Crippen LogP contribution is 2.44. The molecule has 5 heteroatoms. The first kappa shape index (κ1) is 19.9. The van der Waals surface area contributed by atoms with Crippen molar-refractivity contribution in [3.8, 4) is 0 Å². The molecule has 5 nitrogen and oxygen atoms in total. The van der Waals surface area contributed by atoms with Crippen molar-refractivity contribution < 1.29 is 14.7 Å². The normalized spacial score (nSPS) is 17.7. The summed E-state index contributed by atoms with van der Waals surface area (Å²) in [6, 6.07) is 20.0. The van der Waals surface area contributed by atoms with E-state index in [9.17, 15) is 14.7 Å². The summed E-state index contributed by atoms with van der Waals surface area (Å²) >= 11 is 0. The molecule has 3 aromatic rings. The van der Waals surface area contributed by atoms with Crippen LogP contribution in [0.2, 0.25) is 0 Å². The standard InChI is InChI=1S/C25H24N2O3/c1-16-11-13-19(14-12-16)25(30)20-8-4-5-10-22(20)27(24(25)29)15-23(28)26-21-9-6-7-17(2)18(21)3/h4-14,30H,15H2,1-3H3,(H,26,28). The van der Waals surface area contributed by atoms with E-state index in [1.54, 1.807) is 36.4 Å². The van der Waals surface area contributed by atoms with E-state index in [1.807, 2.05) is 51.1 Å². The summed E-state index contributed by atoms with van der Waals surface area (Å²) < 4.78 is 0. The van der Waals surface area contributed by atoms with Crippen molar-refractivity contribution in [3.05, 3.63) is 94.5 Å². The number of carbonyl (C=O) groups is 2. The summed E-state index contributed by atoms with van der Waals surface area (Å²) in [6.07, 6.45) is 0. The molecule has 2 amide bonds. The van der Waals surface area contributed by atoms with Crippen molar-refractivity contribution in [2.75, 3.05) is 16.8 Å². The third-order valence-electron chi connectivity index (χ3n) is 5.79. The van der Waals surface area contributed by atoms with Gasteiger partial charge in [0.1, 0.15) is 6.54 Å². The number of anilines is 2. The highest BCUT2D eigenvalue weighted by atomic mass is 16.3. The Hall–Kier alpha value is -3.44. The number of hydrogen-bond donors (Lipinski definition) is 2. The molecule has 3 aromatic carbocycles. The van der Waals surface area contributed by atoms with Crippen LogP contribution in [0, 0.1) is 20.8 Å². The number of para-hydroxylation sites is 1. The Bertz CT molecular complexity index is 1140. The number of nitrogens with one attached hydrogen (secondary N) is 1. The Labute approximate surface area is 176 Å². The molecule has 1 aliphatic rings. The van der Waals surface area contributed by atoms with E-state index >= 15 is 0 Å². The molecule has 1 unspecified atom stereocenters. The number of rotatable bonds is 4. The smallest absolute Gasteiger partial charge is 0.268 e. The van der Waals surface area contributed by atoms with E-state index in [4.69, 9.17) is 0 Å². The lowest BCUT2D eigenvalue weighted by molar-refractivity contribution is -0.133. The Kier molecular flexibility index (Phi) is 4.92. The van der Waals surface area contributed by atoms with Crippen LogP contribution in [-0.2, 0) is 15.2 Å². The summed E-state index contributed by atoms with van der Waals surface area (Å²) in [5.74, 6) is -0.844. The molecular formula is C25H24N2O3. The Morgan fingerprint density at radius 3 is 2.40 bits per heavy atom. The Morgan fingerprint density at radius 1 is 0.967 bits per heavy atom. The van der Waals surface area contributed by atoms with Gasteiger partial charge in [-0.3, -0.25) is 14.5 Å². The topological polar surface area (TPSA) is 69.6 Å². The van der Waals surface area contributed by atoms with Crippen molar-refractivity contribution in [2.45, 2.75) is 26.4 Å².